The number of carbonyl (C=O) groups is 1. The van der Waals surface area contributed by atoms with E-state index in [1.807, 2.05) is 6.07 Å². The van der Waals surface area contributed by atoms with E-state index in [9.17, 15) is 4.79 Å². The number of amides is 1. The van der Waals surface area contributed by atoms with Crippen LogP contribution < -0.4 is 4.74 Å². The van der Waals surface area contributed by atoms with E-state index in [0.717, 1.165) is 9.32 Å². The maximum absolute atomic E-state index is 11.6. The molecule has 0 aromatic heterocycles. The summed E-state index contributed by atoms with van der Waals surface area (Å²) in [5, 5.41) is 0. The van der Waals surface area contributed by atoms with Crippen LogP contribution in [0.1, 0.15) is 10.4 Å². The number of halogens is 1. The lowest BCUT2D eigenvalue weighted by molar-refractivity contribution is 0.0826. The van der Waals surface area contributed by atoms with Crippen LogP contribution >= 0.6 is 22.6 Å². The monoisotopic (exact) mass is 305 g/mol. The van der Waals surface area contributed by atoms with Crippen LogP contribution in [0.3, 0.4) is 0 Å². The van der Waals surface area contributed by atoms with Crippen LogP contribution in [0.25, 0.3) is 0 Å². The normalized spacial score (nSPS) is 9.71. The van der Waals surface area contributed by atoms with Gasteiger partial charge >= 0.3 is 0 Å². The van der Waals surface area contributed by atoms with Gasteiger partial charge in [-0.3, -0.25) is 4.79 Å². The van der Waals surface area contributed by atoms with E-state index in [-0.39, 0.29) is 5.91 Å². The molecule has 1 rings (SSSR count). The zero-order valence-corrected chi connectivity index (χ0v) is 10.5. The summed E-state index contributed by atoms with van der Waals surface area (Å²) in [5.74, 6) is 0.779. The van der Waals surface area contributed by atoms with Gasteiger partial charge in [-0.1, -0.05) is 0 Å². The Hall–Kier alpha value is -0.780. The number of nitrogens with zero attached hydrogens (tertiary/aromatic N) is 1. The van der Waals surface area contributed by atoms with Crippen molar-refractivity contribution in [2.24, 2.45) is 0 Å². The van der Waals surface area contributed by atoms with Gasteiger partial charge in [-0.05, 0) is 40.8 Å². The quantitative estimate of drug-likeness (QED) is 0.782. The molecule has 0 aliphatic carbocycles. The van der Waals surface area contributed by atoms with E-state index < -0.39 is 0 Å². The van der Waals surface area contributed by atoms with Gasteiger partial charge in [-0.25, -0.2) is 0 Å². The fraction of sp³-hybridized carbons (Fsp3) is 0.300. The molecule has 0 fully saturated rings. The Morgan fingerprint density at radius 1 is 1.43 bits per heavy atom. The van der Waals surface area contributed by atoms with Crippen LogP contribution in [-0.2, 0) is 0 Å². The maximum atomic E-state index is 11.6. The molecule has 4 heteroatoms. The van der Waals surface area contributed by atoms with Gasteiger partial charge in [0.05, 0.1) is 12.7 Å². The van der Waals surface area contributed by atoms with E-state index in [1.165, 1.54) is 0 Å². The van der Waals surface area contributed by atoms with E-state index in [2.05, 4.69) is 22.6 Å². The highest BCUT2D eigenvalue weighted by Gasteiger charge is 2.11. The van der Waals surface area contributed by atoms with Gasteiger partial charge in [-0.15, -0.1) is 0 Å². The van der Waals surface area contributed by atoms with Crippen molar-refractivity contribution in [2.75, 3.05) is 21.2 Å². The van der Waals surface area contributed by atoms with E-state index in [1.54, 1.807) is 38.2 Å². The predicted molar refractivity (Wildman–Crippen MR) is 63.7 cm³/mol. The van der Waals surface area contributed by atoms with Gasteiger partial charge in [0.25, 0.3) is 5.91 Å². The van der Waals surface area contributed by atoms with Crippen LogP contribution in [0.2, 0.25) is 0 Å². The molecule has 3 nitrogen and oxygen atoms in total. The Kier molecular flexibility index (Phi) is 3.74. The van der Waals surface area contributed by atoms with E-state index in [0.29, 0.717) is 5.56 Å². The van der Waals surface area contributed by atoms with Crippen LogP contribution in [0.15, 0.2) is 18.2 Å². The molecule has 0 bridgehead atoms. The van der Waals surface area contributed by atoms with Crippen molar-refractivity contribution < 1.29 is 9.53 Å². The van der Waals surface area contributed by atoms with Crippen molar-refractivity contribution in [2.45, 2.75) is 0 Å². The first kappa shape index (κ1) is 11.3. The van der Waals surface area contributed by atoms with Crippen molar-refractivity contribution in [3.63, 3.8) is 0 Å². The summed E-state index contributed by atoms with van der Waals surface area (Å²) >= 11 is 2.13. The Bertz CT molecular complexity index is 350. The number of hydrogen-bond acceptors (Lipinski definition) is 2. The van der Waals surface area contributed by atoms with Crippen LogP contribution in [0, 0.1) is 3.57 Å². The number of hydrogen-bond donors (Lipinski definition) is 0. The third kappa shape index (κ3) is 2.37. The third-order valence-electron chi connectivity index (χ3n) is 1.81. The van der Waals surface area contributed by atoms with Crippen molar-refractivity contribution in [1.29, 1.82) is 0 Å². The standard InChI is InChI=1S/C10H12INO2/c1-12(2)10(13)8-5-4-7(14-3)6-9(8)11/h4-6H,1-3H3. The lowest BCUT2D eigenvalue weighted by Crippen LogP contribution is -2.22. The topological polar surface area (TPSA) is 29.5 Å². The van der Waals surface area contributed by atoms with Gasteiger partial charge in [0.2, 0.25) is 0 Å². The smallest absolute Gasteiger partial charge is 0.254 e. The van der Waals surface area contributed by atoms with Gasteiger partial charge < -0.3 is 9.64 Å². The fourth-order valence-electron chi connectivity index (χ4n) is 1.04. The molecular weight excluding hydrogens is 293 g/mol. The number of methoxy groups -OCH3 is 1. The first-order valence-corrected chi connectivity index (χ1v) is 5.19. The Morgan fingerprint density at radius 3 is 2.50 bits per heavy atom. The molecule has 0 saturated heterocycles. The molecule has 0 saturated carbocycles. The molecule has 1 aromatic carbocycles. The molecule has 0 heterocycles. The van der Waals surface area contributed by atoms with Crippen LogP contribution in [-0.4, -0.2) is 32.0 Å². The third-order valence-corrected chi connectivity index (χ3v) is 2.71. The molecule has 76 valence electrons. The molecule has 0 unspecified atom stereocenters. The highest BCUT2D eigenvalue weighted by atomic mass is 127. The number of ether oxygens (including phenoxy) is 1. The first-order chi connectivity index (χ1) is 6.56. The maximum Gasteiger partial charge on any atom is 0.254 e. The van der Waals surface area contributed by atoms with Gasteiger partial charge in [0, 0.05) is 17.7 Å². The molecule has 0 radical (unpaired) electrons. The SMILES string of the molecule is COc1ccc(C(=O)N(C)C)c(I)c1. The molecule has 0 aliphatic heterocycles. The first-order valence-electron chi connectivity index (χ1n) is 4.11. The van der Waals surface area contributed by atoms with E-state index in [4.69, 9.17) is 4.74 Å². The highest BCUT2D eigenvalue weighted by Crippen LogP contribution is 2.20. The van der Waals surface area contributed by atoms with Gasteiger partial charge in [-0.2, -0.15) is 0 Å². The average Bonchev–Trinajstić information content (AvgIpc) is 2.16. The second-order valence-corrected chi connectivity index (χ2v) is 4.21. The summed E-state index contributed by atoms with van der Waals surface area (Å²) in [6.07, 6.45) is 0. The van der Waals surface area contributed by atoms with Crippen LogP contribution in [0.5, 0.6) is 5.75 Å². The van der Waals surface area contributed by atoms with Crippen molar-refractivity contribution in [1.82, 2.24) is 4.90 Å². The fourth-order valence-corrected chi connectivity index (χ4v) is 1.75. The van der Waals surface area contributed by atoms with Crippen LogP contribution in [0.4, 0.5) is 0 Å². The molecule has 0 aliphatic rings. The lowest BCUT2D eigenvalue weighted by atomic mass is 10.2. The zero-order valence-electron chi connectivity index (χ0n) is 8.37. The predicted octanol–water partition coefficient (Wildman–Crippen LogP) is 2.00. The summed E-state index contributed by atoms with van der Waals surface area (Å²) < 4.78 is 5.96. The number of benzene rings is 1. The molecule has 0 atom stereocenters. The lowest BCUT2D eigenvalue weighted by Gasteiger charge is -2.12. The van der Waals surface area contributed by atoms with E-state index >= 15 is 0 Å². The Morgan fingerprint density at radius 2 is 2.07 bits per heavy atom. The molecule has 0 spiro atoms. The van der Waals surface area contributed by atoms with Crippen molar-refractivity contribution in [3.05, 3.63) is 27.3 Å². The second kappa shape index (κ2) is 4.63. The minimum atomic E-state index is 0.0112. The second-order valence-electron chi connectivity index (χ2n) is 3.05. The van der Waals surface area contributed by atoms with Crippen molar-refractivity contribution >= 4 is 28.5 Å². The summed E-state index contributed by atoms with van der Waals surface area (Å²) in [6, 6.07) is 5.42. The summed E-state index contributed by atoms with van der Waals surface area (Å²) in [6.45, 7) is 0. The molecule has 1 amide bonds. The number of rotatable bonds is 2. The van der Waals surface area contributed by atoms with Crippen molar-refractivity contribution in [3.8, 4) is 5.75 Å². The summed E-state index contributed by atoms with van der Waals surface area (Å²) in [5.41, 5.74) is 0.705. The summed E-state index contributed by atoms with van der Waals surface area (Å²) in [4.78, 5) is 13.2. The molecular formula is C10H12INO2. The van der Waals surface area contributed by atoms with Gasteiger partial charge in [0.1, 0.15) is 5.75 Å². The molecule has 0 N–H and O–H groups in total. The molecule has 1 aromatic rings. The summed E-state index contributed by atoms with van der Waals surface area (Å²) in [7, 11) is 5.09. The zero-order chi connectivity index (χ0) is 10.7. The highest BCUT2D eigenvalue weighted by molar-refractivity contribution is 14.1. The average molecular weight is 305 g/mol. The Balaban J connectivity index is 3.06. The Labute approximate surface area is 97.2 Å². The largest absolute Gasteiger partial charge is 0.497 e. The molecule has 14 heavy (non-hydrogen) atoms. The number of carbonyl (C=O) groups excluding carboxylic acids is 1. The minimum absolute atomic E-state index is 0.0112. The van der Waals surface area contributed by atoms with Gasteiger partial charge in [0.15, 0.2) is 0 Å². The minimum Gasteiger partial charge on any atom is -0.497 e.